The van der Waals surface area contributed by atoms with Gasteiger partial charge in [-0.15, -0.1) is 0 Å². The molecule has 19 heavy (non-hydrogen) atoms. The molecule has 1 aliphatic rings. The fourth-order valence-electron chi connectivity index (χ4n) is 2.13. The fraction of sp³-hybridized carbons (Fsp3) is 1.00. The van der Waals surface area contributed by atoms with E-state index in [-0.39, 0.29) is 6.10 Å². The Hall–Kier alpha value is -0.200. The first-order chi connectivity index (χ1) is 9.09. The second kappa shape index (κ2) is 9.66. The number of nitrogens with zero attached hydrogens (tertiary/aromatic N) is 2. The zero-order valence-electron chi connectivity index (χ0n) is 12.8. The highest BCUT2D eigenvalue weighted by Crippen LogP contribution is 1.98. The monoisotopic (exact) mass is 273 g/mol. The first-order valence-corrected chi connectivity index (χ1v) is 7.48. The Balaban J connectivity index is 1.96. The quantitative estimate of drug-likeness (QED) is 0.579. The molecule has 1 atom stereocenters. The Morgan fingerprint density at radius 2 is 2.00 bits per heavy atom. The third-order valence-corrected chi connectivity index (χ3v) is 3.70. The standard InChI is InChI=1S/C14H31N3O2/c1-13(2)16(3)6-4-5-15-11-14(18)12-17-7-9-19-10-8-17/h13-15,18H,4-12H2,1-3H3. The summed E-state index contributed by atoms with van der Waals surface area (Å²) in [5, 5.41) is 13.3. The first-order valence-electron chi connectivity index (χ1n) is 7.48. The van der Waals surface area contributed by atoms with Gasteiger partial charge in [-0.1, -0.05) is 0 Å². The molecule has 1 unspecified atom stereocenters. The van der Waals surface area contributed by atoms with E-state index in [2.05, 4.69) is 36.0 Å². The number of nitrogens with one attached hydrogen (secondary N) is 1. The Bertz CT molecular complexity index is 221. The lowest BCUT2D eigenvalue weighted by molar-refractivity contribution is 0.0149. The van der Waals surface area contributed by atoms with Crippen LogP contribution in [0.4, 0.5) is 0 Å². The van der Waals surface area contributed by atoms with Crippen LogP contribution >= 0.6 is 0 Å². The van der Waals surface area contributed by atoms with Crippen LogP contribution in [0.1, 0.15) is 20.3 Å². The molecular formula is C14H31N3O2. The normalized spacial score (nSPS) is 19.3. The molecule has 0 aromatic heterocycles. The van der Waals surface area contributed by atoms with E-state index < -0.39 is 0 Å². The maximum absolute atomic E-state index is 9.94. The molecular weight excluding hydrogens is 242 g/mol. The summed E-state index contributed by atoms with van der Waals surface area (Å²) in [6.07, 6.45) is 0.847. The second-order valence-electron chi connectivity index (χ2n) is 5.70. The number of ether oxygens (including phenoxy) is 1. The van der Waals surface area contributed by atoms with Gasteiger partial charge in [-0.05, 0) is 40.4 Å². The second-order valence-corrected chi connectivity index (χ2v) is 5.70. The zero-order valence-corrected chi connectivity index (χ0v) is 12.8. The van der Waals surface area contributed by atoms with Gasteiger partial charge in [-0.2, -0.15) is 0 Å². The molecule has 1 rings (SSSR count). The highest BCUT2D eigenvalue weighted by molar-refractivity contribution is 4.69. The van der Waals surface area contributed by atoms with Crippen molar-refractivity contribution in [2.45, 2.75) is 32.4 Å². The predicted octanol–water partition coefficient (Wildman–Crippen LogP) is -0.000600. The summed E-state index contributed by atoms with van der Waals surface area (Å²) < 4.78 is 5.29. The van der Waals surface area contributed by atoms with Crippen LogP contribution in [0.25, 0.3) is 0 Å². The average Bonchev–Trinajstić information content (AvgIpc) is 2.39. The van der Waals surface area contributed by atoms with Gasteiger partial charge in [0.25, 0.3) is 0 Å². The third kappa shape index (κ3) is 7.84. The number of morpholine rings is 1. The minimum atomic E-state index is -0.277. The van der Waals surface area contributed by atoms with Crippen LogP contribution in [0.15, 0.2) is 0 Å². The number of hydrogen-bond donors (Lipinski definition) is 2. The largest absolute Gasteiger partial charge is 0.390 e. The van der Waals surface area contributed by atoms with Crippen LogP contribution < -0.4 is 5.32 Å². The summed E-state index contributed by atoms with van der Waals surface area (Å²) in [4.78, 5) is 4.61. The molecule has 114 valence electrons. The molecule has 0 spiro atoms. The van der Waals surface area contributed by atoms with Crippen molar-refractivity contribution in [3.8, 4) is 0 Å². The lowest BCUT2D eigenvalue weighted by Crippen LogP contribution is -2.44. The van der Waals surface area contributed by atoms with Gasteiger partial charge in [0.1, 0.15) is 0 Å². The van der Waals surface area contributed by atoms with E-state index in [1.54, 1.807) is 0 Å². The molecule has 0 saturated carbocycles. The van der Waals surface area contributed by atoms with Crippen molar-refractivity contribution in [1.82, 2.24) is 15.1 Å². The average molecular weight is 273 g/mol. The maximum atomic E-state index is 9.94. The maximum Gasteiger partial charge on any atom is 0.0791 e. The van der Waals surface area contributed by atoms with E-state index in [9.17, 15) is 5.11 Å². The molecule has 0 bridgehead atoms. The van der Waals surface area contributed by atoms with E-state index in [1.807, 2.05) is 0 Å². The van der Waals surface area contributed by atoms with Crippen LogP contribution in [0.2, 0.25) is 0 Å². The Morgan fingerprint density at radius 3 is 2.63 bits per heavy atom. The lowest BCUT2D eigenvalue weighted by Gasteiger charge is -2.28. The van der Waals surface area contributed by atoms with Gasteiger partial charge in [0.15, 0.2) is 0 Å². The molecule has 1 saturated heterocycles. The minimum absolute atomic E-state index is 0.277. The summed E-state index contributed by atoms with van der Waals surface area (Å²) in [5.74, 6) is 0. The molecule has 0 aliphatic carbocycles. The van der Waals surface area contributed by atoms with Gasteiger partial charge < -0.3 is 20.1 Å². The summed E-state index contributed by atoms with van der Waals surface area (Å²) in [6, 6.07) is 0.604. The van der Waals surface area contributed by atoms with Crippen molar-refractivity contribution in [3.63, 3.8) is 0 Å². The van der Waals surface area contributed by atoms with Crippen molar-refractivity contribution in [3.05, 3.63) is 0 Å². The molecule has 1 fully saturated rings. The topological polar surface area (TPSA) is 48.0 Å². The first kappa shape index (κ1) is 16.9. The number of aliphatic hydroxyl groups is 1. The number of rotatable bonds is 9. The van der Waals surface area contributed by atoms with Crippen LogP contribution in [0, 0.1) is 0 Å². The van der Waals surface area contributed by atoms with Crippen LogP contribution in [0.3, 0.4) is 0 Å². The van der Waals surface area contributed by atoms with Gasteiger partial charge in [0.2, 0.25) is 0 Å². The zero-order chi connectivity index (χ0) is 14.1. The van der Waals surface area contributed by atoms with E-state index in [1.165, 1.54) is 0 Å². The lowest BCUT2D eigenvalue weighted by atomic mass is 10.3. The highest BCUT2D eigenvalue weighted by Gasteiger charge is 2.14. The molecule has 0 amide bonds. The molecule has 1 aliphatic heterocycles. The van der Waals surface area contributed by atoms with E-state index >= 15 is 0 Å². The Labute approximate surface area is 117 Å². The van der Waals surface area contributed by atoms with Crippen LogP contribution in [-0.2, 0) is 4.74 Å². The van der Waals surface area contributed by atoms with Gasteiger partial charge in [0.05, 0.1) is 19.3 Å². The summed E-state index contributed by atoms with van der Waals surface area (Å²) in [5.41, 5.74) is 0. The van der Waals surface area contributed by atoms with Gasteiger partial charge in [-0.25, -0.2) is 0 Å². The smallest absolute Gasteiger partial charge is 0.0791 e. The number of aliphatic hydroxyl groups excluding tert-OH is 1. The van der Waals surface area contributed by atoms with Crippen LogP contribution in [0.5, 0.6) is 0 Å². The molecule has 0 aromatic carbocycles. The summed E-state index contributed by atoms with van der Waals surface area (Å²) in [7, 11) is 2.15. The summed E-state index contributed by atoms with van der Waals surface area (Å²) >= 11 is 0. The van der Waals surface area contributed by atoms with Gasteiger partial charge >= 0.3 is 0 Å². The molecule has 1 heterocycles. The van der Waals surface area contributed by atoms with E-state index in [4.69, 9.17) is 4.74 Å². The van der Waals surface area contributed by atoms with Crippen molar-refractivity contribution in [2.24, 2.45) is 0 Å². The SMILES string of the molecule is CC(C)N(C)CCCNCC(O)CN1CCOCC1. The minimum Gasteiger partial charge on any atom is -0.390 e. The van der Waals surface area contributed by atoms with E-state index in [0.717, 1.165) is 52.4 Å². The van der Waals surface area contributed by atoms with Crippen molar-refractivity contribution in [2.75, 3.05) is 59.5 Å². The molecule has 5 nitrogen and oxygen atoms in total. The van der Waals surface area contributed by atoms with Crippen LogP contribution in [-0.4, -0.2) is 86.6 Å². The predicted molar refractivity (Wildman–Crippen MR) is 78.5 cm³/mol. The van der Waals surface area contributed by atoms with Crippen molar-refractivity contribution in [1.29, 1.82) is 0 Å². The fourth-order valence-corrected chi connectivity index (χ4v) is 2.13. The van der Waals surface area contributed by atoms with Gasteiger partial charge in [-0.3, -0.25) is 4.90 Å². The molecule has 5 heteroatoms. The highest BCUT2D eigenvalue weighted by atomic mass is 16.5. The van der Waals surface area contributed by atoms with E-state index in [0.29, 0.717) is 12.6 Å². The molecule has 0 radical (unpaired) electrons. The molecule has 2 N–H and O–H groups in total. The molecule has 0 aromatic rings. The Morgan fingerprint density at radius 1 is 1.32 bits per heavy atom. The Kier molecular flexibility index (Phi) is 8.57. The number of β-amino-alcohol motifs (C(OH)–C–C–N with tert-alkyl or cyclic N) is 1. The third-order valence-electron chi connectivity index (χ3n) is 3.70. The van der Waals surface area contributed by atoms with Gasteiger partial charge in [0, 0.05) is 32.2 Å². The van der Waals surface area contributed by atoms with Crippen molar-refractivity contribution >= 4 is 0 Å². The summed E-state index contributed by atoms with van der Waals surface area (Å²) in [6.45, 7) is 11.4. The number of hydrogen-bond acceptors (Lipinski definition) is 5. The van der Waals surface area contributed by atoms with Crippen molar-refractivity contribution < 1.29 is 9.84 Å².